The van der Waals surface area contributed by atoms with Gasteiger partial charge in [-0.15, -0.1) is 0 Å². The summed E-state index contributed by atoms with van der Waals surface area (Å²) in [6.45, 7) is 1.86. The average molecular weight is 506 g/mol. The molecule has 3 aromatic rings. The maximum absolute atomic E-state index is 13.6. The maximum Gasteiger partial charge on any atom is 0.231 e. The van der Waals surface area contributed by atoms with Gasteiger partial charge in [0, 0.05) is 24.2 Å². The van der Waals surface area contributed by atoms with Crippen molar-refractivity contribution in [1.82, 2.24) is 4.98 Å². The molecule has 4 rings (SSSR count). The van der Waals surface area contributed by atoms with Gasteiger partial charge in [-0.3, -0.25) is 9.59 Å². The minimum absolute atomic E-state index is 0.118. The van der Waals surface area contributed by atoms with Gasteiger partial charge in [0.25, 0.3) is 0 Å². The maximum atomic E-state index is 13.6. The molecule has 0 spiro atoms. The number of hydrogen-bond donors (Lipinski definition) is 1. The quantitative estimate of drug-likeness (QED) is 0.480. The van der Waals surface area contributed by atoms with E-state index in [1.54, 1.807) is 30.2 Å². The number of pyridine rings is 1. The number of methoxy groups -OCH3 is 4. The Labute approximate surface area is 216 Å². The molecule has 37 heavy (non-hydrogen) atoms. The summed E-state index contributed by atoms with van der Waals surface area (Å²) in [5.74, 6) is 1.50. The number of nitrogens with one attached hydrogen (secondary N) is 1. The largest absolute Gasteiger partial charge is 0.497 e. The van der Waals surface area contributed by atoms with E-state index in [1.807, 2.05) is 43.3 Å². The number of ether oxygens (including phenoxy) is 4. The van der Waals surface area contributed by atoms with Gasteiger partial charge in [-0.1, -0.05) is 18.2 Å². The molecule has 2 heterocycles. The van der Waals surface area contributed by atoms with Crippen LogP contribution in [-0.2, 0) is 9.59 Å². The van der Waals surface area contributed by atoms with Crippen molar-refractivity contribution in [3.8, 4) is 23.0 Å². The summed E-state index contributed by atoms with van der Waals surface area (Å²) in [4.78, 5) is 33.2. The molecule has 2 aromatic carbocycles. The number of carbonyl (C=O) groups excluding carboxylic acids is 2. The number of aryl methyl sites for hydroxylation is 1. The van der Waals surface area contributed by atoms with Gasteiger partial charge in [-0.05, 0) is 43.2 Å². The molecule has 0 saturated carbocycles. The van der Waals surface area contributed by atoms with Crippen LogP contribution in [0.5, 0.6) is 23.0 Å². The number of piperidine rings is 1. The SMILES string of the molecule is COc1ccc([C@@H]2[C@@H](C(=O)Nc3cccc(C)n3)CCC(=O)N2c2cc(OC)c(OC)c(OC)c2)cc1. The molecular formula is C28H31N3O6. The van der Waals surface area contributed by atoms with Crippen LogP contribution in [0.3, 0.4) is 0 Å². The molecule has 2 atom stereocenters. The summed E-state index contributed by atoms with van der Waals surface area (Å²) in [7, 11) is 6.15. The zero-order valence-electron chi connectivity index (χ0n) is 21.6. The van der Waals surface area contributed by atoms with Crippen LogP contribution in [-0.4, -0.2) is 45.2 Å². The van der Waals surface area contributed by atoms with E-state index in [1.165, 1.54) is 21.3 Å². The van der Waals surface area contributed by atoms with Gasteiger partial charge in [0.1, 0.15) is 11.6 Å². The lowest BCUT2D eigenvalue weighted by atomic mass is 9.83. The lowest BCUT2D eigenvalue weighted by Gasteiger charge is -2.41. The van der Waals surface area contributed by atoms with E-state index in [9.17, 15) is 9.59 Å². The third-order valence-corrected chi connectivity index (χ3v) is 6.46. The number of amides is 2. The van der Waals surface area contributed by atoms with E-state index in [2.05, 4.69) is 10.3 Å². The fourth-order valence-electron chi connectivity index (χ4n) is 4.69. The van der Waals surface area contributed by atoms with Crippen LogP contribution in [0.25, 0.3) is 0 Å². The minimum Gasteiger partial charge on any atom is -0.497 e. The predicted octanol–water partition coefficient (Wildman–Crippen LogP) is 4.55. The van der Waals surface area contributed by atoms with E-state index < -0.39 is 12.0 Å². The lowest BCUT2D eigenvalue weighted by molar-refractivity contribution is -0.125. The summed E-state index contributed by atoms with van der Waals surface area (Å²) < 4.78 is 21.9. The van der Waals surface area contributed by atoms with Crippen molar-refractivity contribution in [2.75, 3.05) is 38.7 Å². The summed E-state index contributed by atoms with van der Waals surface area (Å²) in [5, 5.41) is 2.94. The van der Waals surface area contributed by atoms with Gasteiger partial charge >= 0.3 is 0 Å². The summed E-state index contributed by atoms with van der Waals surface area (Å²) in [6.07, 6.45) is 0.580. The molecule has 0 bridgehead atoms. The van der Waals surface area contributed by atoms with E-state index in [0.29, 0.717) is 40.9 Å². The Morgan fingerprint density at radius 1 is 0.946 bits per heavy atom. The predicted molar refractivity (Wildman–Crippen MR) is 140 cm³/mol. The van der Waals surface area contributed by atoms with Crippen LogP contribution in [0.1, 0.15) is 30.1 Å². The van der Waals surface area contributed by atoms with Gasteiger partial charge in [0.05, 0.1) is 46.1 Å². The number of hydrogen-bond acceptors (Lipinski definition) is 7. The fourth-order valence-corrected chi connectivity index (χ4v) is 4.69. The summed E-state index contributed by atoms with van der Waals surface area (Å²) in [5.41, 5.74) is 2.12. The third-order valence-electron chi connectivity index (χ3n) is 6.46. The number of benzene rings is 2. The molecule has 9 nitrogen and oxygen atoms in total. The molecule has 0 radical (unpaired) electrons. The topological polar surface area (TPSA) is 99.2 Å². The van der Waals surface area contributed by atoms with Crippen LogP contribution < -0.4 is 29.2 Å². The van der Waals surface area contributed by atoms with E-state index in [-0.39, 0.29) is 18.2 Å². The minimum atomic E-state index is -0.597. The number of rotatable bonds is 8. The van der Waals surface area contributed by atoms with Gasteiger partial charge in [-0.25, -0.2) is 4.98 Å². The first kappa shape index (κ1) is 25.8. The van der Waals surface area contributed by atoms with Crippen molar-refractivity contribution in [2.45, 2.75) is 25.8 Å². The van der Waals surface area contributed by atoms with Gasteiger partial charge < -0.3 is 29.2 Å². The molecule has 1 N–H and O–H groups in total. The van der Waals surface area contributed by atoms with Gasteiger partial charge in [0.2, 0.25) is 17.6 Å². The van der Waals surface area contributed by atoms with E-state index >= 15 is 0 Å². The molecule has 1 aromatic heterocycles. The molecule has 1 fully saturated rings. The summed E-state index contributed by atoms with van der Waals surface area (Å²) in [6, 6.07) is 15.7. The molecular weight excluding hydrogens is 474 g/mol. The van der Waals surface area contributed by atoms with Gasteiger partial charge in [0.15, 0.2) is 11.5 Å². The zero-order chi connectivity index (χ0) is 26.5. The zero-order valence-corrected chi connectivity index (χ0v) is 21.6. The van der Waals surface area contributed by atoms with Crippen LogP contribution in [0.2, 0.25) is 0 Å². The second kappa shape index (κ2) is 11.2. The van der Waals surface area contributed by atoms with Crippen LogP contribution in [0.15, 0.2) is 54.6 Å². The second-order valence-electron chi connectivity index (χ2n) is 8.66. The standard InChI is InChI=1S/C28H31N3O6/c1-17-7-6-8-24(29-17)30-28(33)21-13-14-25(32)31(26(21)18-9-11-20(34-2)12-10-18)19-15-22(35-3)27(37-5)23(16-19)36-4/h6-12,15-16,21,26H,13-14H2,1-5H3,(H,29,30,33)/t21-,26+/m0/s1. The monoisotopic (exact) mass is 505 g/mol. The molecule has 2 amide bonds. The first-order valence-electron chi connectivity index (χ1n) is 11.9. The first-order valence-corrected chi connectivity index (χ1v) is 11.9. The highest BCUT2D eigenvalue weighted by Crippen LogP contribution is 2.46. The van der Waals surface area contributed by atoms with Crippen LogP contribution in [0, 0.1) is 12.8 Å². The Hall–Kier alpha value is -4.27. The Bertz CT molecular complexity index is 1250. The number of aromatic nitrogens is 1. The van der Waals surface area contributed by atoms with Crippen molar-refractivity contribution in [2.24, 2.45) is 5.92 Å². The highest BCUT2D eigenvalue weighted by atomic mass is 16.5. The summed E-state index contributed by atoms with van der Waals surface area (Å²) >= 11 is 0. The lowest BCUT2D eigenvalue weighted by Crippen LogP contribution is -2.47. The highest BCUT2D eigenvalue weighted by molar-refractivity contribution is 6.00. The Morgan fingerprint density at radius 2 is 1.62 bits per heavy atom. The van der Waals surface area contributed by atoms with E-state index in [4.69, 9.17) is 18.9 Å². The first-order chi connectivity index (χ1) is 17.9. The van der Waals surface area contributed by atoms with Crippen molar-refractivity contribution in [3.05, 3.63) is 65.9 Å². The number of anilines is 2. The van der Waals surface area contributed by atoms with Crippen LogP contribution in [0.4, 0.5) is 11.5 Å². The second-order valence-corrected chi connectivity index (χ2v) is 8.66. The Balaban J connectivity index is 1.81. The molecule has 0 unspecified atom stereocenters. The number of nitrogens with zero attached hydrogens (tertiary/aromatic N) is 2. The van der Waals surface area contributed by atoms with Crippen molar-refractivity contribution in [1.29, 1.82) is 0 Å². The van der Waals surface area contributed by atoms with Crippen molar-refractivity contribution < 1.29 is 28.5 Å². The fraction of sp³-hybridized carbons (Fsp3) is 0.321. The van der Waals surface area contributed by atoms with E-state index in [0.717, 1.165) is 11.3 Å². The normalized spacial score (nSPS) is 17.2. The number of carbonyl (C=O) groups is 2. The molecule has 1 saturated heterocycles. The highest BCUT2D eigenvalue weighted by Gasteiger charge is 2.42. The Morgan fingerprint density at radius 3 is 2.19 bits per heavy atom. The molecule has 0 aliphatic carbocycles. The van der Waals surface area contributed by atoms with Crippen molar-refractivity contribution in [3.63, 3.8) is 0 Å². The Kier molecular flexibility index (Phi) is 7.81. The molecule has 194 valence electrons. The molecule has 1 aliphatic rings. The van der Waals surface area contributed by atoms with Crippen molar-refractivity contribution >= 4 is 23.3 Å². The average Bonchev–Trinajstić information content (AvgIpc) is 2.92. The smallest absolute Gasteiger partial charge is 0.231 e. The molecule has 9 heteroatoms. The van der Waals surface area contributed by atoms with Gasteiger partial charge in [-0.2, -0.15) is 0 Å². The third kappa shape index (κ3) is 5.30. The molecule has 1 aliphatic heterocycles. The van der Waals surface area contributed by atoms with Crippen LogP contribution >= 0.6 is 0 Å².